The first-order valence-electron chi connectivity index (χ1n) is 5.81. The Hall–Kier alpha value is -1.95. The molecule has 0 saturated heterocycles. The molecule has 0 fully saturated rings. The molecule has 6 heteroatoms. The molecular formula is C13H20N2O4. The van der Waals surface area contributed by atoms with Gasteiger partial charge in [-0.3, -0.25) is 4.79 Å². The maximum absolute atomic E-state index is 11.9. The molecule has 1 unspecified atom stereocenters. The third-order valence-corrected chi connectivity index (χ3v) is 2.84. The summed E-state index contributed by atoms with van der Waals surface area (Å²) in [7, 11) is 7.91. The maximum atomic E-state index is 11.9. The van der Waals surface area contributed by atoms with E-state index in [1.54, 1.807) is 33.3 Å². The molecule has 106 valence electrons. The van der Waals surface area contributed by atoms with Gasteiger partial charge in [-0.05, 0) is 7.05 Å². The highest BCUT2D eigenvalue weighted by Gasteiger charge is 2.26. The Balaban J connectivity index is 3.41. The molecule has 0 spiro atoms. The quantitative estimate of drug-likeness (QED) is 0.795. The monoisotopic (exact) mass is 268 g/mol. The van der Waals surface area contributed by atoms with Crippen LogP contribution >= 0.6 is 0 Å². The van der Waals surface area contributed by atoms with Crippen molar-refractivity contribution in [2.45, 2.75) is 6.04 Å². The Bertz CT molecular complexity index is 423. The van der Waals surface area contributed by atoms with Gasteiger partial charge in [-0.1, -0.05) is 0 Å². The van der Waals surface area contributed by atoms with Crippen LogP contribution in [0.15, 0.2) is 12.1 Å². The minimum Gasteiger partial charge on any atom is -0.496 e. The fourth-order valence-corrected chi connectivity index (χ4v) is 1.87. The normalized spacial score (nSPS) is 11.6. The van der Waals surface area contributed by atoms with Crippen molar-refractivity contribution < 1.29 is 19.0 Å². The summed E-state index contributed by atoms with van der Waals surface area (Å²) in [6, 6.07) is 2.86. The lowest BCUT2D eigenvalue weighted by molar-refractivity contribution is -0.122. The van der Waals surface area contributed by atoms with Gasteiger partial charge in [0.2, 0.25) is 5.91 Å². The van der Waals surface area contributed by atoms with E-state index < -0.39 is 6.04 Å². The number of likely N-dealkylation sites (N-methyl/N-ethyl adjacent to an activating group) is 2. The zero-order valence-electron chi connectivity index (χ0n) is 11.9. The van der Waals surface area contributed by atoms with Gasteiger partial charge in [0, 0.05) is 19.2 Å². The molecular weight excluding hydrogens is 248 g/mol. The van der Waals surface area contributed by atoms with E-state index in [-0.39, 0.29) is 5.91 Å². The summed E-state index contributed by atoms with van der Waals surface area (Å²) in [6.07, 6.45) is 0. The zero-order chi connectivity index (χ0) is 14.4. The lowest BCUT2D eigenvalue weighted by atomic mass is 10.0. The van der Waals surface area contributed by atoms with Crippen molar-refractivity contribution in [3.8, 4) is 17.2 Å². The van der Waals surface area contributed by atoms with E-state index in [0.29, 0.717) is 22.8 Å². The van der Waals surface area contributed by atoms with Gasteiger partial charge in [0.25, 0.3) is 0 Å². The second-order valence-electron chi connectivity index (χ2n) is 3.78. The minimum absolute atomic E-state index is 0.177. The van der Waals surface area contributed by atoms with Crippen LogP contribution in [-0.4, -0.2) is 41.3 Å². The highest BCUT2D eigenvalue weighted by molar-refractivity contribution is 5.85. The molecule has 0 heterocycles. The van der Waals surface area contributed by atoms with Crippen LogP contribution in [-0.2, 0) is 4.79 Å². The maximum Gasteiger partial charge on any atom is 0.241 e. The molecule has 0 saturated carbocycles. The molecule has 0 aliphatic heterocycles. The molecule has 2 N–H and O–H groups in total. The van der Waals surface area contributed by atoms with Crippen LogP contribution in [0.25, 0.3) is 0 Å². The molecule has 1 rings (SSSR count). The second kappa shape index (κ2) is 6.84. The van der Waals surface area contributed by atoms with Crippen molar-refractivity contribution >= 4 is 5.91 Å². The van der Waals surface area contributed by atoms with E-state index >= 15 is 0 Å². The van der Waals surface area contributed by atoms with Crippen LogP contribution in [0.3, 0.4) is 0 Å². The van der Waals surface area contributed by atoms with Crippen LogP contribution in [0.1, 0.15) is 11.6 Å². The number of carbonyl (C=O) groups is 1. The third kappa shape index (κ3) is 3.08. The summed E-state index contributed by atoms with van der Waals surface area (Å²) >= 11 is 0. The van der Waals surface area contributed by atoms with Crippen molar-refractivity contribution in [2.24, 2.45) is 0 Å². The lowest BCUT2D eigenvalue weighted by Crippen LogP contribution is -2.34. The summed E-state index contributed by atoms with van der Waals surface area (Å²) in [5.74, 6) is 1.48. The number of benzene rings is 1. The van der Waals surface area contributed by atoms with Crippen molar-refractivity contribution in [2.75, 3.05) is 35.4 Å². The van der Waals surface area contributed by atoms with Gasteiger partial charge in [-0.2, -0.15) is 0 Å². The second-order valence-corrected chi connectivity index (χ2v) is 3.78. The van der Waals surface area contributed by atoms with Gasteiger partial charge >= 0.3 is 0 Å². The fourth-order valence-electron chi connectivity index (χ4n) is 1.87. The number of hydrogen-bond acceptors (Lipinski definition) is 5. The molecule has 0 aliphatic carbocycles. The van der Waals surface area contributed by atoms with Crippen LogP contribution < -0.4 is 24.8 Å². The van der Waals surface area contributed by atoms with Crippen molar-refractivity contribution in [1.29, 1.82) is 0 Å². The van der Waals surface area contributed by atoms with E-state index in [1.165, 1.54) is 14.2 Å². The summed E-state index contributed by atoms with van der Waals surface area (Å²) in [6.45, 7) is 0. The number of nitrogens with one attached hydrogen (secondary N) is 2. The van der Waals surface area contributed by atoms with Crippen molar-refractivity contribution in [3.05, 3.63) is 17.7 Å². The highest BCUT2D eigenvalue weighted by Crippen LogP contribution is 2.38. The fraction of sp³-hybridized carbons (Fsp3) is 0.462. The highest BCUT2D eigenvalue weighted by atomic mass is 16.5. The first-order chi connectivity index (χ1) is 9.12. The third-order valence-electron chi connectivity index (χ3n) is 2.84. The topological polar surface area (TPSA) is 68.8 Å². The van der Waals surface area contributed by atoms with Gasteiger partial charge in [-0.15, -0.1) is 0 Å². The van der Waals surface area contributed by atoms with E-state index in [4.69, 9.17) is 14.2 Å². The summed E-state index contributed by atoms with van der Waals surface area (Å²) in [5, 5.41) is 5.54. The Morgan fingerprint density at radius 3 is 1.89 bits per heavy atom. The molecule has 1 amide bonds. The van der Waals surface area contributed by atoms with E-state index in [2.05, 4.69) is 10.6 Å². The van der Waals surface area contributed by atoms with Crippen LogP contribution in [0.5, 0.6) is 17.2 Å². The SMILES string of the molecule is CNC(=O)C(NC)c1c(OC)cc(OC)cc1OC. The predicted octanol–water partition coefficient (Wildman–Crippen LogP) is 0.719. The molecule has 0 aromatic heterocycles. The van der Waals surface area contributed by atoms with Crippen molar-refractivity contribution in [3.63, 3.8) is 0 Å². The average Bonchev–Trinajstić information content (AvgIpc) is 2.47. The van der Waals surface area contributed by atoms with E-state index in [9.17, 15) is 4.79 Å². The van der Waals surface area contributed by atoms with Gasteiger partial charge < -0.3 is 24.8 Å². The average molecular weight is 268 g/mol. The Morgan fingerprint density at radius 2 is 1.58 bits per heavy atom. The summed E-state index contributed by atoms with van der Waals surface area (Å²) in [5.41, 5.74) is 0.632. The Labute approximate surface area is 113 Å². The number of amides is 1. The minimum atomic E-state index is -0.569. The molecule has 1 aromatic carbocycles. The van der Waals surface area contributed by atoms with Gasteiger partial charge in [0.15, 0.2) is 0 Å². The van der Waals surface area contributed by atoms with Crippen molar-refractivity contribution in [1.82, 2.24) is 10.6 Å². The molecule has 0 aliphatic rings. The molecule has 19 heavy (non-hydrogen) atoms. The number of methoxy groups -OCH3 is 3. The number of hydrogen-bond donors (Lipinski definition) is 2. The van der Waals surface area contributed by atoms with Crippen LogP contribution in [0.2, 0.25) is 0 Å². The number of rotatable bonds is 6. The Kier molecular flexibility index (Phi) is 5.44. The van der Waals surface area contributed by atoms with Gasteiger partial charge in [0.05, 0.1) is 26.9 Å². The molecule has 0 bridgehead atoms. The zero-order valence-corrected chi connectivity index (χ0v) is 11.9. The van der Waals surface area contributed by atoms with Gasteiger partial charge in [0.1, 0.15) is 23.3 Å². The largest absolute Gasteiger partial charge is 0.496 e. The van der Waals surface area contributed by atoms with Crippen LogP contribution in [0, 0.1) is 0 Å². The first-order valence-corrected chi connectivity index (χ1v) is 5.81. The Morgan fingerprint density at radius 1 is 1.05 bits per heavy atom. The summed E-state index contributed by atoms with van der Waals surface area (Å²) < 4.78 is 15.8. The smallest absolute Gasteiger partial charge is 0.241 e. The van der Waals surface area contributed by atoms with Crippen LogP contribution in [0.4, 0.5) is 0 Å². The first kappa shape index (κ1) is 15.1. The van der Waals surface area contributed by atoms with E-state index in [0.717, 1.165) is 0 Å². The predicted molar refractivity (Wildman–Crippen MR) is 72.0 cm³/mol. The number of ether oxygens (including phenoxy) is 3. The molecule has 6 nitrogen and oxygen atoms in total. The molecule has 1 aromatic rings. The molecule has 0 radical (unpaired) electrons. The van der Waals surface area contributed by atoms with E-state index in [1.807, 2.05) is 0 Å². The number of carbonyl (C=O) groups excluding carboxylic acids is 1. The summed E-state index contributed by atoms with van der Waals surface area (Å²) in [4.78, 5) is 11.9. The lowest BCUT2D eigenvalue weighted by Gasteiger charge is -2.21. The molecule has 1 atom stereocenters. The standard InChI is InChI=1S/C13H20N2O4/c1-14-12(13(16)15-2)11-9(18-4)6-8(17-3)7-10(11)19-5/h6-7,12,14H,1-5H3,(H,15,16). The van der Waals surface area contributed by atoms with Gasteiger partial charge in [-0.25, -0.2) is 0 Å².